The van der Waals surface area contributed by atoms with Crippen molar-refractivity contribution in [3.8, 4) is 5.75 Å². The monoisotopic (exact) mass is 464 g/mol. The summed E-state index contributed by atoms with van der Waals surface area (Å²) in [6.45, 7) is 7.24. The van der Waals surface area contributed by atoms with Crippen LogP contribution in [0, 0.1) is 13.8 Å². The summed E-state index contributed by atoms with van der Waals surface area (Å²) < 4.78 is 5.71. The van der Waals surface area contributed by atoms with Gasteiger partial charge in [0, 0.05) is 42.8 Å². The van der Waals surface area contributed by atoms with Gasteiger partial charge in [-0.15, -0.1) is 11.3 Å². The normalized spacial score (nSPS) is 14.2. The molecule has 0 radical (unpaired) electrons. The molecule has 3 aromatic rings. The van der Waals surface area contributed by atoms with E-state index in [-0.39, 0.29) is 11.8 Å². The van der Waals surface area contributed by atoms with Crippen LogP contribution < -0.4 is 10.1 Å². The number of hydrogen-bond donors (Lipinski definition) is 1. The van der Waals surface area contributed by atoms with Crippen molar-refractivity contribution >= 4 is 28.8 Å². The van der Waals surface area contributed by atoms with E-state index < -0.39 is 0 Å². The molecule has 0 spiro atoms. The van der Waals surface area contributed by atoms with E-state index in [2.05, 4.69) is 15.2 Å². The number of nitrogens with one attached hydrogen (secondary N) is 1. The van der Waals surface area contributed by atoms with Gasteiger partial charge in [0.05, 0.1) is 17.7 Å². The van der Waals surface area contributed by atoms with Gasteiger partial charge in [-0.1, -0.05) is 18.2 Å². The Hall–Kier alpha value is -3.23. The largest absolute Gasteiger partial charge is 0.487 e. The molecule has 7 nitrogen and oxygen atoms in total. The van der Waals surface area contributed by atoms with E-state index in [0.717, 1.165) is 22.5 Å². The van der Waals surface area contributed by atoms with Crippen molar-refractivity contribution in [3.05, 3.63) is 75.7 Å². The highest BCUT2D eigenvalue weighted by Crippen LogP contribution is 2.20. The van der Waals surface area contributed by atoms with E-state index in [9.17, 15) is 9.59 Å². The molecule has 1 saturated heterocycles. The van der Waals surface area contributed by atoms with Gasteiger partial charge in [-0.25, -0.2) is 4.98 Å². The number of piperazine rings is 1. The molecule has 1 aliphatic heterocycles. The van der Waals surface area contributed by atoms with Crippen LogP contribution in [0.5, 0.6) is 5.75 Å². The van der Waals surface area contributed by atoms with Gasteiger partial charge in [-0.3, -0.25) is 14.5 Å². The molecule has 1 aromatic heterocycles. The van der Waals surface area contributed by atoms with Gasteiger partial charge in [-0.2, -0.15) is 0 Å². The molecule has 33 heavy (non-hydrogen) atoms. The van der Waals surface area contributed by atoms with Crippen molar-refractivity contribution in [2.45, 2.75) is 20.5 Å². The van der Waals surface area contributed by atoms with Crippen molar-refractivity contribution in [2.24, 2.45) is 0 Å². The van der Waals surface area contributed by atoms with Crippen molar-refractivity contribution in [1.82, 2.24) is 14.8 Å². The van der Waals surface area contributed by atoms with E-state index in [0.29, 0.717) is 50.6 Å². The van der Waals surface area contributed by atoms with Crippen molar-refractivity contribution in [1.29, 1.82) is 0 Å². The number of aromatic nitrogens is 1. The summed E-state index contributed by atoms with van der Waals surface area (Å²) in [4.78, 5) is 33.5. The molecule has 0 unspecified atom stereocenters. The zero-order valence-electron chi connectivity index (χ0n) is 18.9. The molecule has 8 heteroatoms. The second-order valence-electron chi connectivity index (χ2n) is 8.18. The number of anilines is 1. The Morgan fingerprint density at radius 3 is 2.36 bits per heavy atom. The molecule has 172 valence electrons. The smallest absolute Gasteiger partial charge is 0.253 e. The Labute approximate surface area is 198 Å². The summed E-state index contributed by atoms with van der Waals surface area (Å²) >= 11 is 1.53. The number of carbonyl (C=O) groups excluding carboxylic acids is 2. The zero-order chi connectivity index (χ0) is 23.2. The van der Waals surface area contributed by atoms with Gasteiger partial charge in [0.2, 0.25) is 5.91 Å². The molecule has 0 atom stereocenters. The van der Waals surface area contributed by atoms with Gasteiger partial charge in [0.1, 0.15) is 12.4 Å². The highest BCUT2D eigenvalue weighted by Gasteiger charge is 2.23. The Morgan fingerprint density at radius 2 is 1.73 bits per heavy atom. The molecule has 0 bridgehead atoms. The fourth-order valence-corrected chi connectivity index (χ4v) is 4.39. The van der Waals surface area contributed by atoms with Gasteiger partial charge in [-0.05, 0) is 49.2 Å². The van der Waals surface area contributed by atoms with E-state index in [1.165, 1.54) is 11.3 Å². The number of ether oxygens (including phenoxy) is 1. The number of aryl methyl sites for hydroxylation is 2. The summed E-state index contributed by atoms with van der Waals surface area (Å²) in [5.41, 5.74) is 6.29. The van der Waals surface area contributed by atoms with Crippen LogP contribution in [0.4, 0.5) is 5.69 Å². The van der Waals surface area contributed by atoms with Gasteiger partial charge < -0.3 is 15.0 Å². The van der Waals surface area contributed by atoms with Gasteiger partial charge >= 0.3 is 0 Å². The Bertz CT molecular complexity index is 1070. The lowest BCUT2D eigenvalue weighted by molar-refractivity contribution is -0.117. The number of para-hydroxylation sites is 1. The molecule has 2 heterocycles. The SMILES string of the molecule is Cc1cccc(C)c1NC(=O)CN1CCN(C(=O)c2ccc(OCc3cscn3)cc2)CC1. The van der Waals surface area contributed by atoms with Crippen LogP contribution in [0.25, 0.3) is 0 Å². The van der Waals surface area contributed by atoms with Crippen molar-refractivity contribution < 1.29 is 14.3 Å². The first-order valence-corrected chi connectivity index (χ1v) is 11.9. The summed E-state index contributed by atoms with van der Waals surface area (Å²) in [7, 11) is 0. The molecule has 1 fully saturated rings. The van der Waals surface area contributed by atoms with Crippen LogP contribution >= 0.6 is 11.3 Å². The predicted octanol–water partition coefficient (Wildman–Crippen LogP) is 3.74. The maximum Gasteiger partial charge on any atom is 0.253 e. The first-order valence-electron chi connectivity index (χ1n) is 11.0. The van der Waals surface area contributed by atoms with E-state index in [1.807, 2.05) is 54.5 Å². The van der Waals surface area contributed by atoms with Gasteiger partial charge in [0.25, 0.3) is 5.91 Å². The minimum Gasteiger partial charge on any atom is -0.487 e. The Balaban J connectivity index is 1.24. The van der Waals surface area contributed by atoms with Crippen LogP contribution in [0.2, 0.25) is 0 Å². The number of thiazole rings is 1. The quantitative estimate of drug-likeness (QED) is 0.577. The van der Waals surface area contributed by atoms with Gasteiger partial charge in [0.15, 0.2) is 0 Å². The van der Waals surface area contributed by atoms with Crippen LogP contribution in [0.1, 0.15) is 27.2 Å². The maximum atomic E-state index is 12.9. The van der Waals surface area contributed by atoms with E-state index in [1.54, 1.807) is 17.6 Å². The molecule has 0 saturated carbocycles. The molecule has 1 N–H and O–H groups in total. The number of amides is 2. The Kier molecular flexibility index (Phi) is 7.36. The Morgan fingerprint density at radius 1 is 1.03 bits per heavy atom. The fraction of sp³-hybridized carbons (Fsp3) is 0.320. The number of rotatable bonds is 7. The van der Waals surface area contributed by atoms with Crippen molar-refractivity contribution in [3.63, 3.8) is 0 Å². The second kappa shape index (κ2) is 10.6. The van der Waals surface area contributed by atoms with Crippen LogP contribution in [0.15, 0.2) is 53.4 Å². The van der Waals surface area contributed by atoms with E-state index >= 15 is 0 Å². The van der Waals surface area contributed by atoms with Crippen LogP contribution in [-0.2, 0) is 11.4 Å². The number of carbonyl (C=O) groups is 2. The average molecular weight is 465 g/mol. The lowest BCUT2D eigenvalue weighted by Crippen LogP contribution is -2.50. The lowest BCUT2D eigenvalue weighted by atomic mass is 10.1. The summed E-state index contributed by atoms with van der Waals surface area (Å²) in [5, 5.41) is 4.98. The van der Waals surface area contributed by atoms with E-state index in [4.69, 9.17) is 4.74 Å². The molecule has 2 amide bonds. The summed E-state index contributed by atoms with van der Waals surface area (Å²) in [6.07, 6.45) is 0. The van der Waals surface area contributed by atoms with Crippen LogP contribution in [0.3, 0.4) is 0 Å². The number of hydrogen-bond acceptors (Lipinski definition) is 6. The fourth-order valence-electron chi connectivity index (χ4n) is 3.85. The maximum absolute atomic E-state index is 12.9. The minimum absolute atomic E-state index is 0.000637. The van der Waals surface area contributed by atoms with Crippen LogP contribution in [-0.4, -0.2) is 59.3 Å². The second-order valence-corrected chi connectivity index (χ2v) is 8.89. The predicted molar refractivity (Wildman–Crippen MR) is 130 cm³/mol. The summed E-state index contributed by atoms with van der Waals surface area (Å²) in [6, 6.07) is 13.2. The molecule has 0 aliphatic carbocycles. The molecule has 2 aromatic carbocycles. The van der Waals surface area contributed by atoms with Crippen molar-refractivity contribution in [2.75, 3.05) is 38.0 Å². The third-order valence-corrected chi connectivity index (χ3v) is 6.38. The average Bonchev–Trinajstić information content (AvgIpc) is 3.34. The molecule has 1 aliphatic rings. The third kappa shape index (κ3) is 5.97. The molecular weight excluding hydrogens is 436 g/mol. The zero-order valence-corrected chi connectivity index (χ0v) is 19.7. The molecule has 4 rings (SSSR count). The highest BCUT2D eigenvalue weighted by molar-refractivity contribution is 7.07. The third-order valence-electron chi connectivity index (χ3n) is 5.74. The molecular formula is C25H28N4O3S. The topological polar surface area (TPSA) is 74.8 Å². The number of nitrogens with zero attached hydrogens (tertiary/aromatic N) is 3. The summed E-state index contributed by atoms with van der Waals surface area (Å²) in [5.74, 6) is 0.681. The standard InChI is InChI=1S/C25H28N4O3S/c1-18-4-3-5-19(2)24(18)27-23(30)14-28-10-12-29(13-11-28)25(31)20-6-8-22(9-7-20)32-15-21-16-33-17-26-21/h3-9,16-17H,10-15H2,1-2H3,(H,27,30). The first kappa shape index (κ1) is 22.9. The first-order chi connectivity index (χ1) is 16.0. The highest BCUT2D eigenvalue weighted by atomic mass is 32.1. The minimum atomic E-state index is -0.0274. The number of benzene rings is 2. The lowest BCUT2D eigenvalue weighted by Gasteiger charge is -2.34.